The summed E-state index contributed by atoms with van der Waals surface area (Å²) >= 11 is 0. The molecule has 0 saturated carbocycles. The van der Waals surface area contributed by atoms with Crippen molar-refractivity contribution in [1.82, 2.24) is 10.2 Å². The molecular weight excluding hydrogens is 176 g/mol. The van der Waals surface area contributed by atoms with Crippen LogP contribution in [0, 0.1) is 5.92 Å². The fourth-order valence-corrected chi connectivity index (χ4v) is 1.37. The van der Waals surface area contributed by atoms with Gasteiger partial charge in [-0.05, 0) is 25.3 Å². The quantitative estimate of drug-likeness (QED) is 0.704. The Morgan fingerprint density at radius 3 is 2.29 bits per heavy atom. The van der Waals surface area contributed by atoms with Crippen LogP contribution in [0.5, 0.6) is 0 Å². The van der Waals surface area contributed by atoms with Gasteiger partial charge in [-0.25, -0.2) is 0 Å². The summed E-state index contributed by atoms with van der Waals surface area (Å²) in [5.74, 6) is 0.736. The Kier molecular flexibility index (Phi) is 6.54. The molecule has 14 heavy (non-hydrogen) atoms. The molecule has 0 aromatic rings. The Morgan fingerprint density at radius 2 is 1.93 bits per heavy atom. The number of carbonyl (C=O) groups is 1. The van der Waals surface area contributed by atoms with Gasteiger partial charge in [-0.15, -0.1) is 0 Å². The first-order chi connectivity index (χ1) is 6.49. The maximum absolute atomic E-state index is 11.7. The van der Waals surface area contributed by atoms with E-state index in [1.165, 1.54) is 0 Å². The highest BCUT2D eigenvalue weighted by molar-refractivity contribution is 5.81. The molecule has 0 fully saturated rings. The van der Waals surface area contributed by atoms with Crippen LogP contribution in [0.15, 0.2) is 0 Å². The Labute approximate surface area is 87.9 Å². The van der Waals surface area contributed by atoms with Crippen LogP contribution in [0.25, 0.3) is 0 Å². The predicted octanol–water partition coefficient (Wildman–Crippen LogP) is 1.49. The summed E-state index contributed by atoms with van der Waals surface area (Å²) < 4.78 is 0. The number of carbonyl (C=O) groups excluding carboxylic acids is 1. The molecule has 1 unspecified atom stereocenters. The van der Waals surface area contributed by atoms with Gasteiger partial charge >= 0.3 is 0 Å². The van der Waals surface area contributed by atoms with E-state index < -0.39 is 0 Å². The van der Waals surface area contributed by atoms with Gasteiger partial charge in [0.2, 0.25) is 5.91 Å². The second-order valence-electron chi connectivity index (χ2n) is 4.37. The van der Waals surface area contributed by atoms with Crippen molar-refractivity contribution < 1.29 is 4.79 Å². The lowest BCUT2D eigenvalue weighted by molar-refractivity contribution is -0.131. The maximum atomic E-state index is 11.7. The average Bonchev–Trinajstić information content (AvgIpc) is 2.10. The van der Waals surface area contributed by atoms with Crippen molar-refractivity contribution in [3.05, 3.63) is 0 Å². The number of nitrogens with zero attached hydrogens (tertiary/aromatic N) is 1. The second kappa shape index (κ2) is 6.82. The molecule has 1 N–H and O–H groups in total. The molecule has 0 radical (unpaired) electrons. The number of hydrogen-bond donors (Lipinski definition) is 1. The molecule has 1 atom stereocenters. The van der Waals surface area contributed by atoms with Crippen LogP contribution in [0.3, 0.4) is 0 Å². The van der Waals surface area contributed by atoms with Crippen LogP contribution < -0.4 is 5.32 Å². The molecule has 0 aliphatic carbocycles. The standard InChI is InChI=1S/C11H24N2O/c1-6-7-12-10(8-9(2)3)11(14)13(4)5/h9-10,12H,6-8H2,1-5H3. The zero-order valence-corrected chi connectivity index (χ0v) is 10.1. The van der Waals surface area contributed by atoms with Crippen LogP contribution in [0.4, 0.5) is 0 Å². The van der Waals surface area contributed by atoms with Crippen molar-refractivity contribution in [2.75, 3.05) is 20.6 Å². The van der Waals surface area contributed by atoms with Gasteiger partial charge in [0, 0.05) is 14.1 Å². The van der Waals surface area contributed by atoms with Crippen LogP contribution in [-0.4, -0.2) is 37.5 Å². The summed E-state index contributed by atoms with van der Waals surface area (Å²) in [7, 11) is 3.62. The molecular formula is C11H24N2O. The minimum atomic E-state index is -0.00931. The third-order valence-corrected chi connectivity index (χ3v) is 2.09. The van der Waals surface area contributed by atoms with Gasteiger partial charge in [-0.2, -0.15) is 0 Å². The van der Waals surface area contributed by atoms with Crippen molar-refractivity contribution in [1.29, 1.82) is 0 Å². The molecule has 0 bridgehead atoms. The van der Waals surface area contributed by atoms with Gasteiger partial charge in [0.25, 0.3) is 0 Å². The van der Waals surface area contributed by atoms with Crippen molar-refractivity contribution in [2.24, 2.45) is 5.92 Å². The third-order valence-electron chi connectivity index (χ3n) is 2.09. The zero-order chi connectivity index (χ0) is 11.1. The van der Waals surface area contributed by atoms with E-state index >= 15 is 0 Å². The van der Waals surface area contributed by atoms with E-state index in [1.807, 2.05) is 14.1 Å². The lowest BCUT2D eigenvalue weighted by atomic mass is 10.0. The molecule has 3 nitrogen and oxygen atoms in total. The van der Waals surface area contributed by atoms with Crippen LogP contribution >= 0.6 is 0 Å². The van der Waals surface area contributed by atoms with Gasteiger partial charge in [-0.1, -0.05) is 20.8 Å². The van der Waals surface area contributed by atoms with Gasteiger partial charge < -0.3 is 10.2 Å². The van der Waals surface area contributed by atoms with E-state index in [0.29, 0.717) is 5.92 Å². The van der Waals surface area contributed by atoms with E-state index in [-0.39, 0.29) is 11.9 Å². The number of rotatable bonds is 6. The molecule has 0 aliphatic rings. The van der Waals surface area contributed by atoms with Gasteiger partial charge in [0.15, 0.2) is 0 Å². The Morgan fingerprint density at radius 1 is 1.36 bits per heavy atom. The fourth-order valence-electron chi connectivity index (χ4n) is 1.37. The molecule has 0 spiro atoms. The summed E-state index contributed by atoms with van der Waals surface area (Å²) in [6.45, 7) is 7.31. The summed E-state index contributed by atoms with van der Waals surface area (Å²) in [6.07, 6.45) is 1.98. The monoisotopic (exact) mass is 200 g/mol. The first-order valence-electron chi connectivity index (χ1n) is 5.43. The molecule has 0 aromatic carbocycles. The zero-order valence-electron chi connectivity index (χ0n) is 10.1. The van der Waals surface area contributed by atoms with Crippen molar-refractivity contribution in [3.8, 4) is 0 Å². The van der Waals surface area contributed by atoms with Crippen LogP contribution in [0.2, 0.25) is 0 Å². The SMILES string of the molecule is CCCNC(CC(C)C)C(=O)N(C)C. The Balaban J connectivity index is 4.15. The van der Waals surface area contributed by atoms with Gasteiger partial charge in [-0.3, -0.25) is 4.79 Å². The number of likely N-dealkylation sites (N-methyl/N-ethyl adjacent to an activating group) is 1. The second-order valence-corrected chi connectivity index (χ2v) is 4.37. The highest BCUT2D eigenvalue weighted by Gasteiger charge is 2.19. The highest BCUT2D eigenvalue weighted by Crippen LogP contribution is 2.06. The number of amides is 1. The Bertz CT molecular complexity index is 167. The lowest BCUT2D eigenvalue weighted by Crippen LogP contribution is -2.44. The minimum Gasteiger partial charge on any atom is -0.347 e. The Hall–Kier alpha value is -0.570. The van der Waals surface area contributed by atoms with Crippen molar-refractivity contribution in [2.45, 2.75) is 39.7 Å². The van der Waals surface area contributed by atoms with Gasteiger partial charge in [0.05, 0.1) is 6.04 Å². The molecule has 84 valence electrons. The fraction of sp³-hybridized carbons (Fsp3) is 0.909. The molecule has 0 rings (SSSR count). The summed E-state index contributed by atoms with van der Waals surface area (Å²) in [5.41, 5.74) is 0. The molecule has 0 heterocycles. The topological polar surface area (TPSA) is 32.3 Å². The van der Waals surface area contributed by atoms with Gasteiger partial charge in [0.1, 0.15) is 0 Å². The van der Waals surface area contributed by atoms with E-state index in [2.05, 4.69) is 26.1 Å². The first kappa shape index (κ1) is 13.4. The average molecular weight is 200 g/mol. The van der Waals surface area contributed by atoms with E-state index in [9.17, 15) is 4.79 Å². The molecule has 0 saturated heterocycles. The third kappa shape index (κ3) is 5.22. The van der Waals surface area contributed by atoms with E-state index in [1.54, 1.807) is 4.90 Å². The molecule has 0 aliphatic heterocycles. The van der Waals surface area contributed by atoms with Crippen molar-refractivity contribution >= 4 is 5.91 Å². The summed E-state index contributed by atoms with van der Waals surface area (Å²) in [4.78, 5) is 13.4. The van der Waals surface area contributed by atoms with E-state index in [4.69, 9.17) is 0 Å². The molecule has 3 heteroatoms. The summed E-state index contributed by atoms with van der Waals surface area (Å²) in [6, 6.07) is -0.00931. The molecule has 1 amide bonds. The van der Waals surface area contributed by atoms with Crippen molar-refractivity contribution in [3.63, 3.8) is 0 Å². The van der Waals surface area contributed by atoms with Crippen LogP contribution in [0.1, 0.15) is 33.6 Å². The largest absolute Gasteiger partial charge is 0.347 e. The minimum absolute atomic E-state index is 0.00931. The molecule has 0 aromatic heterocycles. The number of hydrogen-bond acceptors (Lipinski definition) is 2. The highest BCUT2D eigenvalue weighted by atomic mass is 16.2. The maximum Gasteiger partial charge on any atom is 0.239 e. The number of nitrogens with one attached hydrogen (secondary N) is 1. The van der Waals surface area contributed by atoms with E-state index in [0.717, 1.165) is 19.4 Å². The predicted molar refractivity (Wildman–Crippen MR) is 60.2 cm³/mol. The smallest absolute Gasteiger partial charge is 0.239 e. The lowest BCUT2D eigenvalue weighted by Gasteiger charge is -2.23. The first-order valence-corrected chi connectivity index (χ1v) is 5.43. The normalized spacial score (nSPS) is 13.0. The van der Waals surface area contributed by atoms with Crippen LogP contribution in [-0.2, 0) is 4.79 Å². The summed E-state index contributed by atoms with van der Waals surface area (Å²) in [5, 5.41) is 3.29.